The summed E-state index contributed by atoms with van der Waals surface area (Å²) < 4.78 is 40.1. The maximum atomic E-state index is 13.4. The molecule has 1 fully saturated rings. The van der Waals surface area contributed by atoms with Gasteiger partial charge in [0.2, 0.25) is 5.91 Å². The molecule has 1 aromatic heterocycles. The number of pyridine rings is 1. The first kappa shape index (κ1) is 20.4. The number of nitrogens with zero attached hydrogens (tertiary/aromatic N) is 2. The van der Waals surface area contributed by atoms with E-state index in [0.29, 0.717) is 30.8 Å². The molecule has 152 valence electrons. The average molecular weight is 394 g/mol. The Morgan fingerprint density at radius 1 is 1.29 bits per heavy atom. The summed E-state index contributed by atoms with van der Waals surface area (Å²) in [5, 5.41) is 6.51. The fraction of sp³-hybridized carbons (Fsp3) is 0.500. The van der Waals surface area contributed by atoms with Crippen LogP contribution in [-0.4, -0.2) is 43.6 Å². The van der Waals surface area contributed by atoms with Crippen LogP contribution < -0.4 is 15.5 Å². The van der Waals surface area contributed by atoms with Crippen LogP contribution in [0.5, 0.6) is 0 Å². The van der Waals surface area contributed by atoms with Crippen molar-refractivity contribution in [3.63, 3.8) is 0 Å². The largest absolute Gasteiger partial charge is 0.418 e. The van der Waals surface area contributed by atoms with Crippen molar-refractivity contribution in [3.05, 3.63) is 36.0 Å². The summed E-state index contributed by atoms with van der Waals surface area (Å²) in [5.74, 6) is 0.355. The molecule has 28 heavy (non-hydrogen) atoms. The second-order valence-electron chi connectivity index (χ2n) is 7.35. The molecule has 1 aliphatic heterocycles. The second kappa shape index (κ2) is 8.34. The molecule has 1 aromatic carbocycles. The molecule has 1 aliphatic rings. The lowest BCUT2D eigenvalue weighted by Gasteiger charge is -2.39. The minimum Gasteiger partial charge on any atom is -0.369 e. The molecule has 2 atom stereocenters. The lowest BCUT2D eigenvalue weighted by molar-refractivity contribution is -0.136. The molecule has 0 bridgehead atoms. The lowest BCUT2D eigenvalue weighted by Crippen LogP contribution is -2.49. The molecule has 5 nitrogen and oxygen atoms in total. The highest BCUT2D eigenvalue weighted by Gasteiger charge is 2.34. The highest BCUT2D eigenvalue weighted by molar-refractivity contribution is 5.94. The van der Waals surface area contributed by atoms with E-state index in [9.17, 15) is 18.0 Å². The first-order valence-electron chi connectivity index (χ1n) is 9.43. The maximum absolute atomic E-state index is 13.4. The molecule has 2 aromatic rings. The number of fused-ring (bicyclic) bond motifs is 1. The molecule has 8 heteroatoms. The number of carbonyl (C=O) groups is 1. The van der Waals surface area contributed by atoms with Crippen molar-refractivity contribution >= 4 is 22.5 Å². The van der Waals surface area contributed by atoms with Crippen LogP contribution in [0, 0.1) is 5.92 Å². The Kier molecular flexibility index (Phi) is 6.07. The normalized spacial score (nSPS) is 20.4. The number of hydrogen-bond donors (Lipinski definition) is 2. The predicted octanol–water partition coefficient (Wildman–Crippen LogP) is 3.19. The van der Waals surface area contributed by atoms with E-state index in [1.54, 1.807) is 25.2 Å². The lowest BCUT2D eigenvalue weighted by atomic mass is 9.94. The van der Waals surface area contributed by atoms with Crippen LogP contribution >= 0.6 is 0 Å². The van der Waals surface area contributed by atoms with Crippen molar-refractivity contribution in [2.45, 2.75) is 32.0 Å². The first-order chi connectivity index (χ1) is 13.3. The van der Waals surface area contributed by atoms with Crippen molar-refractivity contribution in [1.82, 2.24) is 15.6 Å². The van der Waals surface area contributed by atoms with Crippen molar-refractivity contribution in [1.29, 1.82) is 0 Å². The van der Waals surface area contributed by atoms with Gasteiger partial charge in [0.1, 0.15) is 0 Å². The monoisotopic (exact) mass is 394 g/mol. The summed E-state index contributed by atoms with van der Waals surface area (Å²) in [6, 6.07) is 6.20. The molecule has 0 spiro atoms. The quantitative estimate of drug-likeness (QED) is 0.818. The standard InChI is InChI=1S/C20H25F3N4O/c1-13-10-14(25-9-7-18(28)24-2)12-27(11-13)17-6-5-16(20(21,22)23)19-15(17)4-3-8-26-19/h3-6,8,13-14,25H,7,9-12H2,1-2H3,(H,24,28)/t13-,14?/m0/s1. The van der Waals surface area contributed by atoms with Crippen LogP contribution in [0.15, 0.2) is 30.5 Å². The smallest absolute Gasteiger partial charge is 0.369 e. The van der Waals surface area contributed by atoms with Crippen LogP contribution in [0.4, 0.5) is 18.9 Å². The Morgan fingerprint density at radius 3 is 2.79 bits per heavy atom. The third-order valence-electron chi connectivity index (χ3n) is 5.12. The van der Waals surface area contributed by atoms with Gasteiger partial charge in [0.25, 0.3) is 0 Å². The molecule has 1 saturated heterocycles. The van der Waals surface area contributed by atoms with E-state index in [1.807, 2.05) is 0 Å². The number of carbonyl (C=O) groups excluding carboxylic acids is 1. The molecule has 0 radical (unpaired) electrons. The highest BCUT2D eigenvalue weighted by Crippen LogP contribution is 2.38. The molecule has 2 heterocycles. The van der Waals surface area contributed by atoms with Gasteiger partial charge in [-0.3, -0.25) is 9.78 Å². The first-order valence-corrected chi connectivity index (χ1v) is 9.43. The zero-order valence-electron chi connectivity index (χ0n) is 16.0. The van der Waals surface area contributed by atoms with E-state index in [0.717, 1.165) is 24.7 Å². The topological polar surface area (TPSA) is 57.3 Å². The van der Waals surface area contributed by atoms with Gasteiger partial charge in [0, 0.05) is 56.4 Å². The Hall–Kier alpha value is -2.35. The van der Waals surface area contributed by atoms with Gasteiger partial charge in [-0.2, -0.15) is 13.2 Å². The van der Waals surface area contributed by atoms with Crippen LogP contribution in [0.3, 0.4) is 0 Å². The van der Waals surface area contributed by atoms with E-state index in [2.05, 4.69) is 27.4 Å². The molecule has 2 N–H and O–H groups in total. The van der Waals surface area contributed by atoms with Crippen LogP contribution in [0.1, 0.15) is 25.3 Å². The number of anilines is 1. The number of nitrogens with one attached hydrogen (secondary N) is 2. The number of halogens is 3. The average Bonchev–Trinajstić information content (AvgIpc) is 2.65. The summed E-state index contributed by atoms with van der Waals surface area (Å²) in [6.07, 6.45) is -1.69. The van der Waals surface area contributed by atoms with E-state index in [1.165, 1.54) is 6.20 Å². The third kappa shape index (κ3) is 4.55. The summed E-state index contributed by atoms with van der Waals surface area (Å²) in [5.41, 5.74) is 0.0350. The number of aromatic nitrogens is 1. The molecule has 1 amide bonds. The Balaban J connectivity index is 1.84. The van der Waals surface area contributed by atoms with Crippen LogP contribution in [-0.2, 0) is 11.0 Å². The van der Waals surface area contributed by atoms with E-state index < -0.39 is 11.7 Å². The summed E-state index contributed by atoms with van der Waals surface area (Å²) >= 11 is 0. The van der Waals surface area contributed by atoms with E-state index in [4.69, 9.17) is 0 Å². The van der Waals surface area contributed by atoms with Gasteiger partial charge in [0.15, 0.2) is 0 Å². The fourth-order valence-corrected chi connectivity index (χ4v) is 3.87. The summed E-state index contributed by atoms with van der Waals surface area (Å²) in [6.45, 7) is 4.14. The van der Waals surface area contributed by atoms with Crippen molar-refractivity contribution in [2.75, 3.05) is 31.6 Å². The molecular formula is C20H25F3N4O. The number of benzene rings is 1. The maximum Gasteiger partial charge on any atom is 0.418 e. The minimum atomic E-state index is -4.44. The van der Waals surface area contributed by atoms with Gasteiger partial charge < -0.3 is 15.5 Å². The minimum absolute atomic E-state index is 0.0187. The van der Waals surface area contributed by atoms with Gasteiger partial charge in [-0.15, -0.1) is 0 Å². The zero-order valence-corrected chi connectivity index (χ0v) is 16.0. The summed E-state index contributed by atoms with van der Waals surface area (Å²) in [7, 11) is 1.61. The molecule has 0 saturated carbocycles. The number of alkyl halides is 3. The summed E-state index contributed by atoms with van der Waals surface area (Å²) in [4.78, 5) is 17.5. The Morgan fingerprint density at radius 2 is 2.07 bits per heavy atom. The molecular weight excluding hydrogens is 369 g/mol. The number of hydrogen-bond acceptors (Lipinski definition) is 4. The molecule has 0 aliphatic carbocycles. The zero-order chi connectivity index (χ0) is 20.3. The van der Waals surface area contributed by atoms with Gasteiger partial charge in [-0.25, -0.2) is 0 Å². The number of rotatable bonds is 5. The van der Waals surface area contributed by atoms with Gasteiger partial charge >= 0.3 is 6.18 Å². The Labute approximate surface area is 162 Å². The number of piperidine rings is 1. The molecule has 1 unspecified atom stereocenters. The van der Waals surface area contributed by atoms with Gasteiger partial charge in [-0.05, 0) is 36.6 Å². The van der Waals surface area contributed by atoms with Crippen LogP contribution in [0.25, 0.3) is 10.9 Å². The Bertz CT molecular complexity index is 840. The van der Waals surface area contributed by atoms with Gasteiger partial charge in [0.05, 0.1) is 11.1 Å². The highest BCUT2D eigenvalue weighted by atomic mass is 19.4. The SMILES string of the molecule is CNC(=O)CCNC1C[C@H](C)CN(c2ccc(C(F)(F)F)c3ncccc23)C1. The number of amides is 1. The second-order valence-corrected chi connectivity index (χ2v) is 7.35. The van der Waals surface area contributed by atoms with Crippen LogP contribution in [0.2, 0.25) is 0 Å². The van der Waals surface area contributed by atoms with Crippen molar-refractivity contribution in [3.8, 4) is 0 Å². The van der Waals surface area contributed by atoms with Crippen molar-refractivity contribution in [2.24, 2.45) is 5.92 Å². The fourth-order valence-electron chi connectivity index (χ4n) is 3.87. The predicted molar refractivity (Wildman–Crippen MR) is 103 cm³/mol. The third-order valence-corrected chi connectivity index (χ3v) is 5.12. The van der Waals surface area contributed by atoms with E-state index in [-0.39, 0.29) is 17.5 Å². The van der Waals surface area contributed by atoms with Crippen molar-refractivity contribution < 1.29 is 18.0 Å². The van der Waals surface area contributed by atoms with E-state index >= 15 is 0 Å². The molecule has 3 rings (SSSR count). The van der Waals surface area contributed by atoms with Gasteiger partial charge in [-0.1, -0.05) is 6.92 Å².